The molecule has 0 heterocycles. The summed E-state index contributed by atoms with van der Waals surface area (Å²) in [6.07, 6.45) is 0. The third-order valence-electron chi connectivity index (χ3n) is 1.77. The van der Waals surface area contributed by atoms with Crippen LogP contribution in [0.15, 0.2) is 17.0 Å². The number of nitrogens with two attached hydrogens (primary N) is 1. The van der Waals surface area contributed by atoms with Gasteiger partial charge in [0.1, 0.15) is 0 Å². The van der Waals surface area contributed by atoms with Gasteiger partial charge in [0.25, 0.3) is 0 Å². The number of sulfone groups is 1. The minimum atomic E-state index is -3.37. The lowest BCUT2D eigenvalue weighted by Gasteiger charge is -2.07. The van der Waals surface area contributed by atoms with Gasteiger partial charge in [0.15, 0.2) is 9.84 Å². The second-order valence-electron chi connectivity index (χ2n) is 2.70. The van der Waals surface area contributed by atoms with Crippen molar-refractivity contribution in [2.24, 2.45) is 0 Å². The summed E-state index contributed by atoms with van der Waals surface area (Å²) in [5.74, 6) is -0.0339. The van der Waals surface area contributed by atoms with Crippen LogP contribution in [0.1, 0.15) is 6.92 Å². The van der Waals surface area contributed by atoms with Gasteiger partial charge in [0.2, 0.25) is 0 Å². The SMILES string of the molecule is CCS(=O)(=O)c1cc(Cl)cc(Cl)c1N. The van der Waals surface area contributed by atoms with Crippen molar-refractivity contribution in [1.29, 1.82) is 0 Å². The van der Waals surface area contributed by atoms with E-state index in [9.17, 15) is 8.42 Å². The Morgan fingerprint density at radius 1 is 1.36 bits per heavy atom. The number of rotatable bonds is 2. The maximum atomic E-state index is 11.5. The molecule has 1 rings (SSSR count). The summed E-state index contributed by atoms with van der Waals surface area (Å²) >= 11 is 11.4. The molecule has 14 heavy (non-hydrogen) atoms. The van der Waals surface area contributed by atoms with E-state index >= 15 is 0 Å². The van der Waals surface area contributed by atoms with Crippen LogP contribution in [0.5, 0.6) is 0 Å². The van der Waals surface area contributed by atoms with Gasteiger partial charge in [0, 0.05) is 5.02 Å². The van der Waals surface area contributed by atoms with Gasteiger partial charge in [-0.05, 0) is 12.1 Å². The van der Waals surface area contributed by atoms with E-state index in [0.717, 1.165) is 0 Å². The van der Waals surface area contributed by atoms with Crippen molar-refractivity contribution in [3.63, 3.8) is 0 Å². The molecule has 0 amide bonds. The average molecular weight is 254 g/mol. The molecule has 0 atom stereocenters. The number of hydrogen-bond acceptors (Lipinski definition) is 3. The fourth-order valence-corrected chi connectivity index (χ4v) is 2.65. The van der Waals surface area contributed by atoms with Gasteiger partial charge in [-0.1, -0.05) is 30.1 Å². The van der Waals surface area contributed by atoms with Crippen LogP contribution in [0, 0.1) is 0 Å². The fraction of sp³-hybridized carbons (Fsp3) is 0.250. The maximum Gasteiger partial charge on any atom is 0.180 e. The van der Waals surface area contributed by atoms with Gasteiger partial charge in [-0.2, -0.15) is 0 Å². The molecular weight excluding hydrogens is 245 g/mol. The summed E-state index contributed by atoms with van der Waals surface area (Å²) in [5, 5.41) is 0.417. The highest BCUT2D eigenvalue weighted by Crippen LogP contribution is 2.31. The number of anilines is 1. The maximum absolute atomic E-state index is 11.5. The third kappa shape index (κ3) is 2.13. The van der Waals surface area contributed by atoms with Crippen molar-refractivity contribution in [2.45, 2.75) is 11.8 Å². The minimum Gasteiger partial charge on any atom is -0.396 e. The molecule has 0 saturated heterocycles. The van der Waals surface area contributed by atoms with Crippen molar-refractivity contribution in [2.75, 3.05) is 11.5 Å². The third-order valence-corrected chi connectivity index (χ3v) is 4.07. The van der Waals surface area contributed by atoms with Crippen LogP contribution in [0.2, 0.25) is 10.0 Å². The second-order valence-corrected chi connectivity index (χ2v) is 5.79. The van der Waals surface area contributed by atoms with Crippen LogP contribution < -0.4 is 5.73 Å². The van der Waals surface area contributed by atoms with E-state index in [1.807, 2.05) is 0 Å². The number of hydrogen-bond donors (Lipinski definition) is 1. The Balaban J connectivity index is 3.50. The van der Waals surface area contributed by atoms with Crippen molar-refractivity contribution in [3.8, 4) is 0 Å². The van der Waals surface area contributed by atoms with Gasteiger partial charge in [0.05, 0.1) is 21.4 Å². The molecular formula is C8H9Cl2NO2S. The van der Waals surface area contributed by atoms with E-state index in [1.165, 1.54) is 19.1 Å². The summed E-state index contributed by atoms with van der Waals surface area (Å²) < 4.78 is 23.1. The summed E-state index contributed by atoms with van der Waals surface area (Å²) in [4.78, 5) is -0.00231. The van der Waals surface area contributed by atoms with Crippen molar-refractivity contribution in [3.05, 3.63) is 22.2 Å². The van der Waals surface area contributed by atoms with Gasteiger partial charge >= 0.3 is 0 Å². The highest BCUT2D eigenvalue weighted by molar-refractivity contribution is 7.91. The molecule has 1 aromatic carbocycles. The van der Waals surface area contributed by atoms with Gasteiger partial charge in [-0.15, -0.1) is 0 Å². The van der Waals surface area contributed by atoms with E-state index in [1.54, 1.807) is 0 Å². The van der Waals surface area contributed by atoms with Gasteiger partial charge in [-0.25, -0.2) is 8.42 Å². The number of nitrogen functional groups attached to an aromatic ring is 1. The zero-order valence-electron chi connectivity index (χ0n) is 7.42. The van der Waals surface area contributed by atoms with E-state index in [4.69, 9.17) is 28.9 Å². The van der Waals surface area contributed by atoms with Crippen LogP contribution in [-0.4, -0.2) is 14.2 Å². The van der Waals surface area contributed by atoms with E-state index in [0.29, 0.717) is 0 Å². The summed E-state index contributed by atoms with van der Waals surface area (Å²) in [5.41, 5.74) is 5.60. The van der Waals surface area contributed by atoms with Crippen LogP contribution >= 0.6 is 23.2 Å². The smallest absolute Gasteiger partial charge is 0.180 e. The second kappa shape index (κ2) is 3.96. The molecule has 2 N–H and O–H groups in total. The summed E-state index contributed by atoms with van der Waals surface area (Å²) in [6.45, 7) is 1.53. The highest BCUT2D eigenvalue weighted by atomic mass is 35.5. The lowest BCUT2D eigenvalue weighted by atomic mass is 10.3. The quantitative estimate of drug-likeness (QED) is 0.824. The topological polar surface area (TPSA) is 60.2 Å². The summed E-state index contributed by atoms with van der Waals surface area (Å²) in [6, 6.07) is 2.72. The molecule has 0 bridgehead atoms. The van der Waals surface area contributed by atoms with Crippen LogP contribution in [0.3, 0.4) is 0 Å². The molecule has 0 aliphatic heterocycles. The Bertz CT molecular complexity index is 457. The molecule has 3 nitrogen and oxygen atoms in total. The predicted octanol–water partition coefficient (Wildman–Crippen LogP) is 2.37. The van der Waals surface area contributed by atoms with Crippen LogP contribution in [0.25, 0.3) is 0 Å². The molecule has 78 valence electrons. The Morgan fingerprint density at radius 3 is 2.43 bits per heavy atom. The summed E-state index contributed by atoms with van der Waals surface area (Å²) in [7, 11) is -3.37. The molecule has 0 aromatic heterocycles. The lowest BCUT2D eigenvalue weighted by molar-refractivity contribution is 0.597. The standard InChI is InChI=1S/C8H9Cl2NO2S/c1-2-14(12,13)7-4-5(9)3-6(10)8(7)11/h3-4H,2,11H2,1H3. The molecule has 6 heteroatoms. The predicted molar refractivity (Wildman–Crippen MR) is 58.6 cm³/mol. The first-order valence-electron chi connectivity index (χ1n) is 3.85. The number of benzene rings is 1. The first-order valence-corrected chi connectivity index (χ1v) is 6.26. The zero-order chi connectivity index (χ0) is 10.9. The largest absolute Gasteiger partial charge is 0.396 e. The van der Waals surface area contributed by atoms with Crippen LogP contribution in [-0.2, 0) is 9.84 Å². The van der Waals surface area contributed by atoms with Crippen LogP contribution in [0.4, 0.5) is 5.69 Å². The zero-order valence-corrected chi connectivity index (χ0v) is 9.75. The Kier molecular flexibility index (Phi) is 3.29. The first kappa shape index (κ1) is 11.6. The van der Waals surface area contributed by atoms with E-state index < -0.39 is 9.84 Å². The van der Waals surface area contributed by atoms with Crippen molar-refractivity contribution >= 4 is 38.7 Å². The van der Waals surface area contributed by atoms with Crippen molar-refractivity contribution in [1.82, 2.24) is 0 Å². The molecule has 0 aliphatic carbocycles. The number of halogens is 2. The Hall–Kier alpha value is -0.450. The van der Waals surface area contributed by atoms with Gasteiger partial charge < -0.3 is 5.73 Å². The average Bonchev–Trinajstić information content (AvgIpc) is 2.11. The molecule has 0 fully saturated rings. The normalized spacial score (nSPS) is 11.6. The Morgan fingerprint density at radius 2 is 1.93 bits per heavy atom. The molecule has 0 radical (unpaired) electrons. The molecule has 0 unspecified atom stereocenters. The van der Waals surface area contributed by atoms with E-state index in [-0.39, 0.29) is 26.4 Å². The molecule has 0 spiro atoms. The lowest BCUT2D eigenvalue weighted by Crippen LogP contribution is -2.07. The first-order chi connectivity index (χ1) is 6.38. The van der Waals surface area contributed by atoms with Gasteiger partial charge in [-0.3, -0.25) is 0 Å². The minimum absolute atomic E-state index is 0.00231. The monoisotopic (exact) mass is 253 g/mol. The molecule has 0 saturated carbocycles. The molecule has 1 aromatic rings. The molecule has 0 aliphatic rings. The Labute approximate surface area is 92.7 Å². The highest BCUT2D eigenvalue weighted by Gasteiger charge is 2.17. The van der Waals surface area contributed by atoms with E-state index in [2.05, 4.69) is 0 Å². The van der Waals surface area contributed by atoms with Crippen molar-refractivity contribution < 1.29 is 8.42 Å². The fourth-order valence-electron chi connectivity index (χ4n) is 0.974.